The molecule has 1 amide bonds. The van der Waals surface area contributed by atoms with Crippen molar-refractivity contribution >= 4 is 6.09 Å². The maximum atomic E-state index is 11.0. The van der Waals surface area contributed by atoms with Crippen LogP contribution in [0.5, 0.6) is 0 Å². The van der Waals surface area contributed by atoms with Crippen molar-refractivity contribution in [3.8, 4) is 0 Å². The second-order valence-electron chi connectivity index (χ2n) is 3.05. The molecular formula is C8H18N2O2. The molecule has 12 heavy (non-hydrogen) atoms. The SMILES string of the molecule is NCCOC(=O)NC1CCCC1.[HH]. The molecule has 0 aromatic carbocycles. The minimum atomic E-state index is -0.327. The molecule has 1 aliphatic carbocycles. The molecule has 1 aliphatic rings. The molecule has 0 aliphatic heterocycles. The summed E-state index contributed by atoms with van der Waals surface area (Å²) in [6.45, 7) is 0.691. The van der Waals surface area contributed by atoms with E-state index in [1.54, 1.807) is 0 Å². The van der Waals surface area contributed by atoms with E-state index in [9.17, 15) is 4.79 Å². The highest BCUT2D eigenvalue weighted by Gasteiger charge is 2.17. The van der Waals surface area contributed by atoms with Crippen molar-refractivity contribution in [3.63, 3.8) is 0 Å². The highest BCUT2D eigenvalue weighted by atomic mass is 16.5. The van der Waals surface area contributed by atoms with Gasteiger partial charge >= 0.3 is 6.09 Å². The van der Waals surface area contributed by atoms with Gasteiger partial charge in [-0.15, -0.1) is 0 Å². The maximum Gasteiger partial charge on any atom is 0.407 e. The van der Waals surface area contributed by atoms with Crippen molar-refractivity contribution in [2.75, 3.05) is 13.2 Å². The Labute approximate surface area is 73.9 Å². The predicted octanol–water partition coefficient (Wildman–Crippen LogP) is 0.860. The second kappa shape index (κ2) is 4.98. The summed E-state index contributed by atoms with van der Waals surface area (Å²) in [5, 5.41) is 2.80. The quantitative estimate of drug-likeness (QED) is 0.667. The van der Waals surface area contributed by atoms with Gasteiger partial charge in [-0.2, -0.15) is 0 Å². The largest absolute Gasteiger partial charge is 0.448 e. The van der Waals surface area contributed by atoms with Crippen LogP contribution in [-0.2, 0) is 4.74 Å². The molecule has 1 rings (SSSR count). The monoisotopic (exact) mass is 174 g/mol. The zero-order valence-electron chi connectivity index (χ0n) is 7.21. The number of carbonyl (C=O) groups is 1. The molecular weight excluding hydrogens is 156 g/mol. The number of alkyl carbamates (subject to hydrolysis) is 1. The number of ether oxygens (including phenoxy) is 1. The van der Waals surface area contributed by atoms with Gasteiger partial charge in [0.25, 0.3) is 0 Å². The Hall–Kier alpha value is -0.770. The number of nitrogens with one attached hydrogen (secondary N) is 1. The Balaban J connectivity index is 0.00000144. The third-order valence-electron chi connectivity index (χ3n) is 2.03. The molecule has 4 nitrogen and oxygen atoms in total. The number of amides is 1. The van der Waals surface area contributed by atoms with Gasteiger partial charge in [-0.1, -0.05) is 12.8 Å². The highest BCUT2D eigenvalue weighted by Crippen LogP contribution is 2.17. The molecule has 0 unspecified atom stereocenters. The third kappa shape index (κ3) is 3.09. The van der Waals surface area contributed by atoms with E-state index in [2.05, 4.69) is 5.32 Å². The standard InChI is InChI=1S/C8H16N2O2.H2/c9-5-6-12-8(11)10-7-3-1-2-4-7;/h7H,1-6,9H2,(H,10,11);1H. The van der Waals surface area contributed by atoms with Crippen molar-refractivity contribution in [1.29, 1.82) is 0 Å². The van der Waals surface area contributed by atoms with E-state index in [1.807, 2.05) is 0 Å². The van der Waals surface area contributed by atoms with E-state index in [0.29, 0.717) is 19.2 Å². The molecule has 4 heteroatoms. The van der Waals surface area contributed by atoms with Gasteiger partial charge in [-0.3, -0.25) is 0 Å². The van der Waals surface area contributed by atoms with Crippen LogP contribution in [0.3, 0.4) is 0 Å². The summed E-state index contributed by atoms with van der Waals surface area (Å²) in [5.74, 6) is 0. The normalized spacial score (nSPS) is 17.8. The lowest BCUT2D eigenvalue weighted by atomic mass is 10.3. The Bertz CT molecular complexity index is 149. The molecule has 0 aromatic rings. The van der Waals surface area contributed by atoms with Crippen LogP contribution in [0.2, 0.25) is 0 Å². The number of hydrogen-bond acceptors (Lipinski definition) is 3. The summed E-state index contributed by atoms with van der Waals surface area (Å²) in [6.07, 6.45) is 4.26. The van der Waals surface area contributed by atoms with E-state index < -0.39 is 0 Å². The lowest BCUT2D eigenvalue weighted by molar-refractivity contribution is 0.145. The van der Waals surface area contributed by atoms with Gasteiger partial charge in [0.2, 0.25) is 0 Å². The van der Waals surface area contributed by atoms with Crippen molar-refractivity contribution in [2.24, 2.45) is 5.73 Å². The molecule has 0 aromatic heterocycles. The van der Waals surface area contributed by atoms with Crippen LogP contribution in [0.1, 0.15) is 27.1 Å². The average molecular weight is 174 g/mol. The Morgan fingerprint density at radius 3 is 2.83 bits per heavy atom. The van der Waals surface area contributed by atoms with E-state index in [4.69, 9.17) is 10.5 Å². The third-order valence-corrected chi connectivity index (χ3v) is 2.03. The first-order valence-electron chi connectivity index (χ1n) is 4.46. The van der Waals surface area contributed by atoms with Crippen LogP contribution < -0.4 is 11.1 Å². The Morgan fingerprint density at radius 2 is 2.25 bits per heavy atom. The fraction of sp³-hybridized carbons (Fsp3) is 0.875. The molecule has 72 valence electrons. The van der Waals surface area contributed by atoms with Crippen molar-refractivity contribution in [3.05, 3.63) is 0 Å². The number of rotatable bonds is 3. The smallest absolute Gasteiger partial charge is 0.407 e. The lowest BCUT2D eigenvalue weighted by Gasteiger charge is -2.11. The summed E-state index contributed by atoms with van der Waals surface area (Å²) >= 11 is 0. The van der Waals surface area contributed by atoms with Gasteiger partial charge in [0.1, 0.15) is 6.61 Å². The zero-order valence-corrected chi connectivity index (χ0v) is 7.21. The van der Waals surface area contributed by atoms with Gasteiger partial charge in [-0.05, 0) is 12.8 Å². The molecule has 3 N–H and O–H groups in total. The first-order chi connectivity index (χ1) is 5.83. The van der Waals surface area contributed by atoms with E-state index >= 15 is 0 Å². The van der Waals surface area contributed by atoms with Gasteiger partial charge < -0.3 is 15.8 Å². The van der Waals surface area contributed by atoms with Crippen LogP contribution >= 0.6 is 0 Å². The molecule has 0 spiro atoms. The molecule has 0 heterocycles. The molecule has 0 atom stereocenters. The average Bonchev–Trinajstić information content (AvgIpc) is 2.53. The van der Waals surface area contributed by atoms with Crippen LogP contribution in [-0.4, -0.2) is 25.3 Å². The van der Waals surface area contributed by atoms with Crippen LogP contribution in [0, 0.1) is 0 Å². The van der Waals surface area contributed by atoms with Crippen molar-refractivity contribution in [2.45, 2.75) is 31.7 Å². The van der Waals surface area contributed by atoms with Crippen LogP contribution in [0.4, 0.5) is 4.79 Å². The minimum Gasteiger partial charge on any atom is -0.448 e. The predicted molar refractivity (Wildman–Crippen MR) is 47.9 cm³/mol. The molecule has 1 fully saturated rings. The lowest BCUT2D eigenvalue weighted by Crippen LogP contribution is -2.34. The summed E-state index contributed by atoms with van der Waals surface area (Å²) in [6, 6.07) is 0.329. The summed E-state index contributed by atoms with van der Waals surface area (Å²) in [5.41, 5.74) is 5.18. The van der Waals surface area contributed by atoms with Crippen molar-refractivity contribution in [1.82, 2.24) is 5.32 Å². The van der Waals surface area contributed by atoms with Gasteiger partial charge in [0, 0.05) is 14.0 Å². The Morgan fingerprint density at radius 1 is 1.58 bits per heavy atom. The van der Waals surface area contributed by atoms with E-state index in [-0.39, 0.29) is 7.52 Å². The topological polar surface area (TPSA) is 64.3 Å². The summed E-state index contributed by atoms with van der Waals surface area (Å²) < 4.78 is 4.78. The van der Waals surface area contributed by atoms with Crippen LogP contribution in [0.25, 0.3) is 0 Å². The Kier molecular flexibility index (Phi) is 3.87. The van der Waals surface area contributed by atoms with Gasteiger partial charge in [0.15, 0.2) is 0 Å². The molecule has 0 radical (unpaired) electrons. The minimum absolute atomic E-state index is 0. The molecule has 0 bridgehead atoms. The number of carbonyl (C=O) groups excluding carboxylic acids is 1. The van der Waals surface area contributed by atoms with Gasteiger partial charge in [-0.25, -0.2) is 4.79 Å². The first kappa shape index (κ1) is 9.32. The first-order valence-corrected chi connectivity index (χ1v) is 4.46. The second-order valence-corrected chi connectivity index (χ2v) is 3.05. The summed E-state index contributed by atoms with van der Waals surface area (Å²) in [7, 11) is 0. The highest BCUT2D eigenvalue weighted by molar-refractivity contribution is 5.67. The fourth-order valence-corrected chi connectivity index (χ4v) is 1.43. The van der Waals surface area contributed by atoms with E-state index in [1.165, 1.54) is 12.8 Å². The summed E-state index contributed by atoms with van der Waals surface area (Å²) in [4.78, 5) is 11.0. The molecule has 1 saturated carbocycles. The fourth-order valence-electron chi connectivity index (χ4n) is 1.43. The molecule has 0 saturated heterocycles. The zero-order chi connectivity index (χ0) is 8.81. The van der Waals surface area contributed by atoms with Gasteiger partial charge in [0.05, 0.1) is 0 Å². The number of hydrogen-bond donors (Lipinski definition) is 2. The maximum absolute atomic E-state index is 11.0. The number of nitrogens with two attached hydrogens (primary N) is 1. The van der Waals surface area contributed by atoms with Crippen LogP contribution in [0.15, 0.2) is 0 Å². The van der Waals surface area contributed by atoms with Crippen molar-refractivity contribution < 1.29 is 11.0 Å². The van der Waals surface area contributed by atoms with E-state index in [0.717, 1.165) is 12.8 Å².